The fourth-order valence-corrected chi connectivity index (χ4v) is 1.87. The molecule has 1 aliphatic rings. The number of hydrogen-bond donors (Lipinski definition) is 0. The van der Waals surface area contributed by atoms with Gasteiger partial charge in [-0.05, 0) is 24.1 Å². The summed E-state index contributed by atoms with van der Waals surface area (Å²) in [6.45, 7) is 3.74. The lowest BCUT2D eigenvalue weighted by Gasteiger charge is -2.16. The molecule has 0 bridgehead atoms. The Labute approximate surface area is 100 Å². The highest BCUT2D eigenvalue weighted by atomic mass is 16.7. The van der Waals surface area contributed by atoms with Gasteiger partial charge in [0, 0.05) is 6.92 Å². The van der Waals surface area contributed by atoms with Gasteiger partial charge in [-0.25, -0.2) is 0 Å². The van der Waals surface area contributed by atoms with Crippen molar-refractivity contribution < 1.29 is 19.0 Å². The molecule has 0 unspecified atom stereocenters. The highest BCUT2D eigenvalue weighted by Gasteiger charge is 2.19. The van der Waals surface area contributed by atoms with E-state index in [1.54, 1.807) is 0 Å². The van der Waals surface area contributed by atoms with Gasteiger partial charge in [0.05, 0.1) is 0 Å². The van der Waals surface area contributed by atoms with Crippen LogP contribution in [0.4, 0.5) is 0 Å². The summed E-state index contributed by atoms with van der Waals surface area (Å²) in [4.78, 5) is 11.1. The minimum Gasteiger partial charge on any atom is -0.458 e. The number of esters is 1. The summed E-state index contributed by atoms with van der Waals surface area (Å²) in [5, 5.41) is 0. The van der Waals surface area contributed by atoms with Crippen LogP contribution in [0.15, 0.2) is 18.2 Å². The summed E-state index contributed by atoms with van der Waals surface area (Å²) >= 11 is 0. The Bertz CT molecular complexity index is 414. The summed E-state index contributed by atoms with van der Waals surface area (Å²) in [5.74, 6) is 1.20. The van der Waals surface area contributed by atoms with E-state index in [1.807, 2.05) is 18.2 Å². The second-order valence-corrected chi connectivity index (χ2v) is 4.00. The zero-order chi connectivity index (χ0) is 12.3. The number of fused-ring (bicyclic) bond motifs is 1. The quantitative estimate of drug-likeness (QED) is 0.754. The Morgan fingerprint density at radius 2 is 2.18 bits per heavy atom. The Kier molecular flexibility index (Phi) is 3.52. The van der Waals surface area contributed by atoms with Crippen LogP contribution in [-0.2, 0) is 9.53 Å². The lowest BCUT2D eigenvalue weighted by Crippen LogP contribution is -2.08. The largest absolute Gasteiger partial charge is 0.458 e. The van der Waals surface area contributed by atoms with Crippen molar-refractivity contribution in [1.29, 1.82) is 0 Å². The molecule has 0 fully saturated rings. The van der Waals surface area contributed by atoms with Gasteiger partial charge in [0.2, 0.25) is 6.79 Å². The molecule has 1 atom stereocenters. The first-order valence-electron chi connectivity index (χ1n) is 5.77. The summed E-state index contributed by atoms with van der Waals surface area (Å²) < 4.78 is 15.9. The van der Waals surface area contributed by atoms with Gasteiger partial charge in [0.25, 0.3) is 0 Å². The van der Waals surface area contributed by atoms with Crippen LogP contribution in [-0.4, -0.2) is 12.8 Å². The van der Waals surface area contributed by atoms with Gasteiger partial charge in [-0.15, -0.1) is 0 Å². The maximum absolute atomic E-state index is 11.1. The Balaban J connectivity index is 2.20. The molecule has 0 amide bonds. The van der Waals surface area contributed by atoms with Crippen molar-refractivity contribution in [3.05, 3.63) is 23.8 Å². The normalized spacial score (nSPS) is 14.5. The third-order valence-corrected chi connectivity index (χ3v) is 2.63. The molecular weight excluding hydrogens is 220 g/mol. The lowest BCUT2D eigenvalue weighted by molar-refractivity contribution is -0.147. The van der Waals surface area contributed by atoms with E-state index in [9.17, 15) is 4.79 Å². The second-order valence-electron chi connectivity index (χ2n) is 4.00. The van der Waals surface area contributed by atoms with Crippen LogP contribution in [0.5, 0.6) is 11.5 Å². The van der Waals surface area contributed by atoms with Crippen LogP contribution in [0, 0.1) is 0 Å². The fraction of sp³-hybridized carbons (Fsp3) is 0.462. The molecule has 0 aliphatic carbocycles. The molecule has 0 saturated carbocycles. The average Bonchev–Trinajstić information content (AvgIpc) is 2.74. The highest BCUT2D eigenvalue weighted by molar-refractivity contribution is 5.66. The standard InChI is InChI=1S/C13H16O4/c1-3-4-11(17-9(2)14)10-5-6-12-13(7-10)16-8-15-12/h5-7,11H,3-4,8H2,1-2H3/t11-/m0/s1. The fourth-order valence-electron chi connectivity index (χ4n) is 1.87. The van der Waals surface area contributed by atoms with Gasteiger partial charge in [-0.1, -0.05) is 19.4 Å². The Morgan fingerprint density at radius 3 is 2.88 bits per heavy atom. The molecule has 1 aromatic rings. The first-order valence-corrected chi connectivity index (χ1v) is 5.77. The van der Waals surface area contributed by atoms with Crippen molar-refractivity contribution in [2.75, 3.05) is 6.79 Å². The molecule has 0 N–H and O–H groups in total. The Hall–Kier alpha value is -1.71. The van der Waals surface area contributed by atoms with Gasteiger partial charge in [-0.2, -0.15) is 0 Å². The first kappa shape index (κ1) is 11.8. The molecule has 4 heteroatoms. The van der Waals surface area contributed by atoms with E-state index in [4.69, 9.17) is 14.2 Å². The van der Waals surface area contributed by atoms with Crippen molar-refractivity contribution in [3.63, 3.8) is 0 Å². The second kappa shape index (κ2) is 5.08. The predicted molar refractivity (Wildman–Crippen MR) is 62.0 cm³/mol. The van der Waals surface area contributed by atoms with E-state index in [1.165, 1.54) is 6.92 Å². The molecule has 1 heterocycles. The third kappa shape index (κ3) is 2.70. The van der Waals surface area contributed by atoms with Crippen molar-refractivity contribution in [1.82, 2.24) is 0 Å². The first-order chi connectivity index (χ1) is 8.20. The van der Waals surface area contributed by atoms with Gasteiger partial charge in [0.15, 0.2) is 11.5 Å². The molecule has 1 aromatic carbocycles. The molecule has 1 aliphatic heterocycles. The lowest BCUT2D eigenvalue weighted by atomic mass is 10.0. The summed E-state index contributed by atoms with van der Waals surface area (Å²) in [7, 11) is 0. The zero-order valence-corrected chi connectivity index (χ0v) is 10.1. The van der Waals surface area contributed by atoms with Crippen LogP contribution in [0.2, 0.25) is 0 Å². The van der Waals surface area contributed by atoms with Crippen LogP contribution >= 0.6 is 0 Å². The van der Waals surface area contributed by atoms with Crippen molar-refractivity contribution in [2.45, 2.75) is 32.8 Å². The van der Waals surface area contributed by atoms with Crippen LogP contribution < -0.4 is 9.47 Å². The van der Waals surface area contributed by atoms with Crippen LogP contribution in [0.1, 0.15) is 38.4 Å². The summed E-state index contributed by atoms with van der Waals surface area (Å²) in [6, 6.07) is 5.65. The number of ether oxygens (including phenoxy) is 3. The van der Waals surface area contributed by atoms with E-state index >= 15 is 0 Å². The number of rotatable bonds is 4. The Morgan fingerprint density at radius 1 is 1.41 bits per heavy atom. The van der Waals surface area contributed by atoms with Crippen molar-refractivity contribution in [3.8, 4) is 11.5 Å². The summed E-state index contributed by atoms with van der Waals surface area (Å²) in [5.41, 5.74) is 0.950. The maximum Gasteiger partial charge on any atom is 0.303 e. The van der Waals surface area contributed by atoms with E-state index in [0.717, 1.165) is 29.9 Å². The maximum atomic E-state index is 11.1. The summed E-state index contributed by atoms with van der Waals surface area (Å²) in [6.07, 6.45) is 1.55. The topological polar surface area (TPSA) is 44.8 Å². The number of carbonyl (C=O) groups excluding carboxylic acids is 1. The van der Waals surface area contributed by atoms with Gasteiger partial charge in [0.1, 0.15) is 6.10 Å². The smallest absolute Gasteiger partial charge is 0.303 e. The number of hydrogen-bond acceptors (Lipinski definition) is 4. The molecule has 4 nitrogen and oxygen atoms in total. The predicted octanol–water partition coefficient (Wildman–Crippen LogP) is 2.82. The van der Waals surface area contributed by atoms with Gasteiger partial charge >= 0.3 is 5.97 Å². The molecule has 0 spiro atoms. The molecule has 0 radical (unpaired) electrons. The SMILES string of the molecule is CCC[C@H](OC(C)=O)c1ccc2c(c1)OCO2. The third-order valence-electron chi connectivity index (χ3n) is 2.63. The molecular formula is C13H16O4. The molecule has 2 rings (SSSR count). The molecule has 0 aromatic heterocycles. The van der Waals surface area contributed by atoms with E-state index in [2.05, 4.69) is 6.92 Å². The average molecular weight is 236 g/mol. The molecule has 0 saturated heterocycles. The van der Waals surface area contributed by atoms with Gasteiger partial charge in [-0.3, -0.25) is 4.79 Å². The van der Waals surface area contributed by atoms with Crippen molar-refractivity contribution in [2.24, 2.45) is 0 Å². The molecule has 92 valence electrons. The van der Waals surface area contributed by atoms with Crippen LogP contribution in [0.25, 0.3) is 0 Å². The minimum atomic E-state index is -0.263. The number of benzene rings is 1. The van der Waals surface area contributed by atoms with Crippen molar-refractivity contribution >= 4 is 5.97 Å². The van der Waals surface area contributed by atoms with E-state index < -0.39 is 0 Å². The van der Waals surface area contributed by atoms with E-state index in [-0.39, 0.29) is 18.9 Å². The van der Waals surface area contributed by atoms with E-state index in [0.29, 0.717) is 0 Å². The minimum absolute atomic E-state index is 0.202. The molecule has 17 heavy (non-hydrogen) atoms. The van der Waals surface area contributed by atoms with Gasteiger partial charge < -0.3 is 14.2 Å². The zero-order valence-electron chi connectivity index (χ0n) is 10.1. The monoisotopic (exact) mass is 236 g/mol. The van der Waals surface area contributed by atoms with Crippen LogP contribution in [0.3, 0.4) is 0 Å². The number of carbonyl (C=O) groups is 1. The highest BCUT2D eigenvalue weighted by Crippen LogP contribution is 2.35.